The summed E-state index contributed by atoms with van der Waals surface area (Å²) < 4.78 is 5.18. The highest BCUT2D eigenvalue weighted by atomic mass is 16.6. The number of rotatable bonds is 5. The highest BCUT2D eigenvalue weighted by molar-refractivity contribution is 5.67. The van der Waals surface area contributed by atoms with Crippen molar-refractivity contribution in [3.05, 3.63) is 0 Å². The van der Waals surface area contributed by atoms with E-state index < -0.39 is 17.8 Å². The van der Waals surface area contributed by atoms with Gasteiger partial charge in [0.05, 0.1) is 12.6 Å². The Morgan fingerprint density at radius 1 is 1.41 bits per heavy atom. The second-order valence-electron chi connectivity index (χ2n) is 5.58. The molecule has 0 aliphatic rings. The van der Waals surface area contributed by atoms with Gasteiger partial charge in [0.1, 0.15) is 5.60 Å². The lowest BCUT2D eigenvalue weighted by atomic mass is 10.2. The first-order chi connectivity index (χ1) is 7.61. The molecule has 0 aromatic carbocycles. The minimum atomic E-state index is -0.588. The molecule has 0 aliphatic heterocycles. The minimum Gasteiger partial charge on any atom is -0.444 e. The molecule has 5 nitrogen and oxygen atoms in total. The first-order valence-electron chi connectivity index (χ1n) is 5.97. The maximum atomic E-state index is 11.6. The zero-order valence-corrected chi connectivity index (χ0v) is 11.8. The number of carbonyl (C=O) groups excluding carboxylic acids is 1. The number of hydrogen-bond donors (Lipinski definition) is 2. The van der Waals surface area contributed by atoms with Gasteiger partial charge in [-0.2, -0.15) is 0 Å². The van der Waals surface area contributed by atoms with Crippen LogP contribution in [0.5, 0.6) is 0 Å². The van der Waals surface area contributed by atoms with Crippen LogP contribution in [0.2, 0.25) is 0 Å². The molecule has 0 aliphatic carbocycles. The Bertz CT molecular complexity index is 236. The van der Waals surface area contributed by atoms with Gasteiger partial charge in [0, 0.05) is 19.6 Å². The van der Waals surface area contributed by atoms with Gasteiger partial charge in [-0.1, -0.05) is 13.8 Å². The van der Waals surface area contributed by atoms with Gasteiger partial charge >= 0.3 is 6.09 Å². The smallest absolute Gasteiger partial charge is 0.410 e. The fourth-order valence-electron chi connectivity index (χ4n) is 1.17. The molecule has 0 heterocycles. The second-order valence-corrected chi connectivity index (χ2v) is 5.58. The minimum absolute atomic E-state index is 0.259. The summed E-state index contributed by atoms with van der Waals surface area (Å²) in [5, 5.41) is 12.8. The van der Waals surface area contributed by atoms with Gasteiger partial charge in [0.15, 0.2) is 0 Å². The topological polar surface area (TPSA) is 61.8 Å². The molecular formula is C12H26N2O3. The maximum Gasteiger partial charge on any atom is 0.410 e. The average Bonchev–Trinajstić information content (AvgIpc) is 2.11. The molecule has 102 valence electrons. The predicted molar refractivity (Wildman–Crippen MR) is 68.0 cm³/mol. The van der Waals surface area contributed by atoms with Crippen LogP contribution in [0.1, 0.15) is 34.6 Å². The Morgan fingerprint density at radius 2 is 1.94 bits per heavy atom. The predicted octanol–water partition coefficient (Wildman–Crippen LogP) is 1.21. The Labute approximate surface area is 104 Å². The molecule has 1 atom stereocenters. The molecule has 0 aromatic heterocycles. The second kappa shape index (κ2) is 6.81. The summed E-state index contributed by atoms with van der Waals surface area (Å²) in [6.45, 7) is 10.2. The molecule has 5 heteroatoms. The largest absolute Gasteiger partial charge is 0.444 e. The molecule has 2 N–H and O–H groups in total. The third kappa shape index (κ3) is 8.94. The number of ether oxygens (including phenoxy) is 1. The lowest BCUT2D eigenvalue weighted by Crippen LogP contribution is -2.42. The molecule has 17 heavy (non-hydrogen) atoms. The number of nitrogens with zero attached hydrogens (tertiary/aromatic N) is 1. The average molecular weight is 246 g/mol. The first-order valence-corrected chi connectivity index (χ1v) is 5.97. The van der Waals surface area contributed by atoms with Crippen molar-refractivity contribution >= 4 is 6.09 Å². The van der Waals surface area contributed by atoms with Gasteiger partial charge < -0.3 is 20.1 Å². The van der Waals surface area contributed by atoms with E-state index in [1.54, 1.807) is 7.05 Å². The molecule has 0 rings (SSSR count). The zero-order valence-electron chi connectivity index (χ0n) is 11.8. The molecular weight excluding hydrogens is 220 g/mol. The molecule has 0 saturated carbocycles. The Balaban J connectivity index is 3.99. The monoisotopic (exact) mass is 246 g/mol. The summed E-state index contributed by atoms with van der Waals surface area (Å²) in [6.07, 6.45) is -1.00. The summed E-state index contributed by atoms with van der Waals surface area (Å²) in [5.41, 5.74) is -0.507. The summed E-state index contributed by atoms with van der Waals surface area (Å²) >= 11 is 0. The molecule has 1 amide bonds. The van der Waals surface area contributed by atoms with Crippen LogP contribution in [-0.2, 0) is 4.74 Å². The number of aliphatic hydroxyl groups is 1. The van der Waals surface area contributed by atoms with E-state index in [1.165, 1.54) is 4.90 Å². The van der Waals surface area contributed by atoms with Crippen LogP contribution < -0.4 is 5.32 Å². The van der Waals surface area contributed by atoms with Crippen LogP contribution in [0.4, 0.5) is 4.79 Å². The van der Waals surface area contributed by atoms with E-state index in [0.29, 0.717) is 12.6 Å². The van der Waals surface area contributed by atoms with E-state index in [0.717, 1.165) is 0 Å². The van der Waals surface area contributed by atoms with E-state index in [-0.39, 0.29) is 6.54 Å². The van der Waals surface area contributed by atoms with Crippen LogP contribution in [0.15, 0.2) is 0 Å². The fourth-order valence-corrected chi connectivity index (χ4v) is 1.17. The number of hydrogen-bond acceptors (Lipinski definition) is 4. The zero-order chi connectivity index (χ0) is 13.6. The van der Waals surface area contributed by atoms with Crippen molar-refractivity contribution in [2.45, 2.75) is 52.4 Å². The summed E-state index contributed by atoms with van der Waals surface area (Å²) in [4.78, 5) is 13.0. The van der Waals surface area contributed by atoms with Crippen LogP contribution in [-0.4, -0.2) is 54.0 Å². The molecule has 0 unspecified atom stereocenters. The number of amides is 1. The van der Waals surface area contributed by atoms with Crippen LogP contribution in [0.25, 0.3) is 0 Å². The van der Waals surface area contributed by atoms with Crippen LogP contribution >= 0.6 is 0 Å². The van der Waals surface area contributed by atoms with Crippen molar-refractivity contribution in [2.24, 2.45) is 0 Å². The quantitative estimate of drug-likeness (QED) is 0.765. The number of nitrogens with one attached hydrogen (secondary N) is 1. The van der Waals surface area contributed by atoms with E-state index in [4.69, 9.17) is 4.74 Å². The van der Waals surface area contributed by atoms with E-state index in [2.05, 4.69) is 5.32 Å². The van der Waals surface area contributed by atoms with E-state index in [9.17, 15) is 9.90 Å². The lowest BCUT2D eigenvalue weighted by molar-refractivity contribution is 0.0206. The maximum absolute atomic E-state index is 11.6. The van der Waals surface area contributed by atoms with Crippen molar-refractivity contribution in [3.8, 4) is 0 Å². The third-order valence-corrected chi connectivity index (χ3v) is 1.95. The fraction of sp³-hybridized carbons (Fsp3) is 0.917. The Hall–Kier alpha value is -0.810. The van der Waals surface area contributed by atoms with Crippen LogP contribution in [0.3, 0.4) is 0 Å². The van der Waals surface area contributed by atoms with Crippen LogP contribution in [0, 0.1) is 0 Å². The van der Waals surface area contributed by atoms with Gasteiger partial charge in [0.25, 0.3) is 0 Å². The van der Waals surface area contributed by atoms with Crippen molar-refractivity contribution in [1.29, 1.82) is 0 Å². The molecule has 0 radical (unpaired) electrons. The molecule has 0 fully saturated rings. The summed E-state index contributed by atoms with van der Waals surface area (Å²) in [7, 11) is 1.62. The molecule has 0 bridgehead atoms. The SMILES string of the molecule is CC(C)NC[C@H](O)CN(C)C(=O)OC(C)(C)C. The highest BCUT2D eigenvalue weighted by Crippen LogP contribution is 2.09. The third-order valence-electron chi connectivity index (χ3n) is 1.95. The lowest BCUT2D eigenvalue weighted by Gasteiger charge is -2.26. The van der Waals surface area contributed by atoms with Gasteiger partial charge in [-0.05, 0) is 20.8 Å². The molecule has 0 saturated heterocycles. The van der Waals surface area contributed by atoms with Crippen molar-refractivity contribution in [2.75, 3.05) is 20.1 Å². The number of aliphatic hydroxyl groups excluding tert-OH is 1. The van der Waals surface area contributed by atoms with Gasteiger partial charge in [0.2, 0.25) is 0 Å². The molecule has 0 aromatic rings. The van der Waals surface area contributed by atoms with Crippen molar-refractivity contribution in [3.63, 3.8) is 0 Å². The van der Waals surface area contributed by atoms with Crippen molar-refractivity contribution < 1.29 is 14.6 Å². The Morgan fingerprint density at radius 3 is 2.35 bits per heavy atom. The van der Waals surface area contributed by atoms with Gasteiger partial charge in [-0.25, -0.2) is 4.79 Å². The normalized spacial score (nSPS) is 13.6. The molecule has 0 spiro atoms. The standard InChI is InChI=1S/C12H26N2O3/c1-9(2)13-7-10(15)8-14(6)11(16)17-12(3,4)5/h9-10,13,15H,7-8H2,1-6H3/t10-/m0/s1. The Kier molecular flexibility index (Phi) is 6.49. The highest BCUT2D eigenvalue weighted by Gasteiger charge is 2.21. The summed E-state index contributed by atoms with van der Waals surface area (Å²) in [5.74, 6) is 0. The first kappa shape index (κ1) is 16.2. The summed E-state index contributed by atoms with van der Waals surface area (Å²) in [6, 6.07) is 0.316. The number of likely N-dealkylation sites (N-methyl/N-ethyl adjacent to an activating group) is 1. The van der Waals surface area contributed by atoms with Gasteiger partial charge in [-0.15, -0.1) is 0 Å². The number of carbonyl (C=O) groups is 1. The van der Waals surface area contributed by atoms with Gasteiger partial charge in [-0.3, -0.25) is 0 Å². The van der Waals surface area contributed by atoms with E-state index >= 15 is 0 Å². The van der Waals surface area contributed by atoms with E-state index in [1.807, 2.05) is 34.6 Å². The van der Waals surface area contributed by atoms with Crippen molar-refractivity contribution in [1.82, 2.24) is 10.2 Å².